The van der Waals surface area contributed by atoms with E-state index >= 15 is 0 Å². The van der Waals surface area contributed by atoms with Gasteiger partial charge in [0, 0.05) is 6.08 Å². The molecule has 1 aliphatic heterocycles. The lowest BCUT2D eigenvalue weighted by molar-refractivity contribution is -0.137. The molecule has 0 aromatic heterocycles. The number of fused-ring (bicyclic) bond motifs is 1. The fourth-order valence-corrected chi connectivity index (χ4v) is 2.61. The summed E-state index contributed by atoms with van der Waals surface area (Å²) in [5.41, 5.74) is 0.567. The van der Waals surface area contributed by atoms with Crippen LogP contribution in [0.1, 0.15) is 45.6 Å². The third kappa shape index (κ3) is 4.47. The molecule has 0 saturated heterocycles. The first-order chi connectivity index (χ1) is 11.7. The molecular formula is C19H23NO5. The van der Waals surface area contributed by atoms with Gasteiger partial charge in [-0.2, -0.15) is 0 Å². The number of benzene rings is 1. The van der Waals surface area contributed by atoms with E-state index in [4.69, 9.17) is 9.47 Å². The Labute approximate surface area is 147 Å². The summed E-state index contributed by atoms with van der Waals surface area (Å²) >= 11 is 0. The number of carbonyl (C=O) groups excluding carboxylic acids is 3. The van der Waals surface area contributed by atoms with Crippen molar-refractivity contribution in [1.29, 1.82) is 0 Å². The fraction of sp³-hybridized carbons (Fsp3) is 0.421. The van der Waals surface area contributed by atoms with Crippen LogP contribution < -0.4 is 4.90 Å². The molecule has 1 atom stereocenters. The normalized spacial score (nSPS) is 16.9. The van der Waals surface area contributed by atoms with Crippen molar-refractivity contribution in [2.75, 3.05) is 11.5 Å². The Bertz CT molecular complexity index is 702. The average molecular weight is 345 g/mol. The number of allylic oxidation sites excluding steroid dienone is 1. The van der Waals surface area contributed by atoms with Crippen LogP contribution in [-0.4, -0.2) is 30.2 Å². The van der Waals surface area contributed by atoms with Gasteiger partial charge in [-0.05, 0) is 45.7 Å². The van der Waals surface area contributed by atoms with E-state index in [9.17, 15) is 14.4 Å². The van der Waals surface area contributed by atoms with Crippen molar-refractivity contribution in [1.82, 2.24) is 0 Å². The molecule has 2 rings (SSSR count). The third-order valence-corrected chi connectivity index (χ3v) is 3.56. The average Bonchev–Trinajstić information content (AvgIpc) is 2.78. The molecule has 0 saturated carbocycles. The van der Waals surface area contributed by atoms with E-state index in [0.717, 1.165) is 10.5 Å². The summed E-state index contributed by atoms with van der Waals surface area (Å²) in [5, 5.41) is 0. The van der Waals surface area contributed by atoms with E-state index in [1.165, 1.54) is 6.08 Å². The molecule has 1 aliphatic rings. The monoisotopic (exact) mass is 345 g/mol. The van der Waals surface area contributed by atoms with Crippen molar-refractivity contribution < 1.29 is 23.9 Å². The molecular weight excluding hydrogens is 322 g/mol. The number of imide groups is 1. The summed E-state index contributed by atoms with van der Waals surface area (Å²) in [6.45, 7) is 7.26. The van der Waals surface area contributed by atoms with E-state index in [0.29, 0.717) is 18.7 Å². The predicted octanol–water partition coefficient (Wildman–Crippen LogP) is 3.56. The zero-order valence-corrected chi connectivity index (χ0v) is 14.9. The SMILES string of the molecule is CCOC(=O)/C=C/CC1C(=O)N(C(=O)OC(C)(C)C)c2ccccc21. The molecule has 1 aromatic rings. The van der Waals surface area contributed by atoms with Crippen LogP contribution in [-0.2, 0) is 19.1 Å². The van der Waals surface area contributed by atoms with Crippen molar-refractivity contribution in [3.05, 3.63) is 42.0 Å². The van der Waals surface area contributed by atoms with Gasteiger partial charge in [0.1, 0.15) is 5.60 Å². The quantitative estimate of drug-likeness (QED) is 0.616. The van der Waals surface area contributed by atoms with E-state index in [2.05, 4.69) is 0 Å². The van der Waals surface area contributed by atoms with Crippen LogP contribution in [0.3, 0.4) is 0 Å². The number of nitrogens with zero attached hydrogens (tertiary/aromatic N) is 1. The lowest BCUT2D eigenvalue weighted by Gasteiger charge is -2.24. The van der Waals surface area contributed by atoms with Gasteiger partial charge in [0.05, 0.1) is 18.2 Å². The second kappa shape index (κ2) is 7.51. The van der Waals surface area contributed by atoms with Gasteiger partial charge in [0.25, 0.3) is 0 Å². The van der Waals surface area contributed by atoms with Gasteiger partial charge in [0.2, 0.25) is 5.91 Å². The predicted molar refractivity (Wildman–Crippen MR) is 93.3 cm³/mol. The lowest BCUT2D eigenvalue weighted by Crippen LogP contribution is -2.39. The Kier molecular flexibility index (Phi) is 5.62. The van der Waals surface area contributed by atoms with Crippen molar-refractivity contribution >= 4 is 23.7 Å². The van der Waals surface area contributed by atoms with E-state index < -0.39 is 23.6 Å². The minimum absolute atomic E-state index is 0.292. The van der Waals surface area contributed by atoms with Crippen LogP contribution in [0, 0.1) is 0 Å². The van der Waals surface area contributed by atoms with E-state index in [1.807, 2.05) is 6.07 Å². The highest BCUT2D eigenvalue weighted by Gasteiger charge is 2.41. The van der Waals surface area contributed by atoms with Crippen LogP contribution in [0.2, 0.25) is 0 Å². The number of carbonyl (C=O) groups is 3. The zero-order valence-electron chi connectivity index (χ0n) is 14.9. The standard InChI is InChI=1S/C19H23NO5/c1-5-24-16(21)12-8-10-14-13-9-6-7-11-15(13)20(17(14)22)18(23)25-19(2,3)4/h6-9,11-12,14H,5,10H2,1-4H3/b12-8+. The largest absolute Gasteiger partial charge is 0.463 e. The Balaban J connectivity index is 2.22. The highest BCUT2D eigenvalue weighted by Crippen LogP contribution is 2.40. The summed E-state index contributed by atoms with van der Waals surface area (Å²) in [6, 6.07) is 7.10. The van der Waals surface area contributed by atoms with Crippen molar-refractivity contribution in [2.24, 2.45) is 0 Å². The maximum atomic E-state index is 12.8. The number of anilines is 1. The minimum atomic E-state index is -0.700. The lowest BCUT2D eigenvalue weighted by atomic mass is 9.97. The number of ether oxygens (including phenoxy) is 2. The van der Waals surface area contributed by atoms with Gasteiger partial charge in [-0.1, -0.05) is 24.3 Å². The van der Waals surface area contributed by atoms with E-state index in [1.54, 1.807) is 52.0 Å². The molecule has 6 heteroatoms. The molecule has 0 spiro atoms. The smallest absolute Gasteiger partial charge is 0.421 e. The van der Waals surface area contributed by atoms with Gasteiger partial charge in [-0.3, -0.25) is 4.79 Å². The van der Waals surface area contributed by atoms with Gasteiger partial charge in [-0.15, -0.1) is 0 Å². The van der Waals surface area contributed by atoms with Crippen molar-refractivity contribution in [3.8, 4) is 0 Å². The Morgan fingerprint density at radius 1 is 1.24 bits per heavy atom. The molecule has 134 valence electrons. The van der Waals surface area contributed by atoms with Crippen molar-refractivity contribution in [2.45, 2.75) is 45.6 Å². The molecule has 0 radical (unpaired) electrons. The second-order valence-corrected chi connectivity index (χ2v) is 6.66. The molecule has 0 bridgehead atoms. The van der Waals surface area contributed by atoms with Gasteiger partial charge in [0.15, 0.2) is 0 Å². The van der Waals surface area contributed by atoms with Gasteiger partial charge < -0.3 is 9.47 Å². The molecule has 1 aromatic carbocycles. The molecule has 2 amide bonds. The summed E-state index contributed by atoms with van der Waals surface area (Å²) in [6.07, 6.45) is 2.50. The number of esters is 1. The summed E-state index contributed by atoms with van der Waals surface area (Å²) in [5.74, 6) is -1.34. The fourth-order valence-electron chi connectivity index (χ4n) is 2.61. The van der Waals surface area contributed by atoms with Crippen LogP contribution >= 0.6 is 0 Å². The molecule has 25 heavy (non-hydrogen) atoms. The molecule has 6 nitrogen and oxygen atoms in total. The number of para-hydroxylation sites is 1. The van der Waals surface area contributed by atoms with E-state index in [-0.39, 0.29) is 5.91 Å². The first-order valence-electron chi connectivity index (χ1n) is 8.23. The number of rotatable bonds is 4. The van der Waals surface area contributed by atoms with Crippen LogP contribution in [0.4, 0.5) is 10.5 Å². The third-order valence-electron chi connectivity index (χ3n) is 3.56. The van der Waals surface area contributed by atoms with Gasteiger partial charge in [-0.25, -0.2) is 14.5 Å². The molecule has 0 N–H and O–H groups in total. The second-order valence-electron chi connectivity index (χ2n) is 6.66. The Hall–Kier alpha value is -2.63. The minimum Gasteiger partial charge on any atom is -0.463 e. The Morgan fingerprint density at radius 3 is 2.56 bits per heavy atom. The Morgan fingerprint density at radius 2 is 1.92 bits per heavy atom. The maximum Gasteiger partial charge on any atom is 0.421 e. The van der Waals surface area contributed by atoms with Crippen molar-refractivity contribution in [3.63, 3.8) is 0 Å². The highest BCUT2D eigenvalue weighted by molar-refractivity contribution is 6.19. The summed E-state index contributed by atoms with van der Waals surface area (Å²) in [4.78, 5) is 37.7. The summed E-state index contributed by atoms with van der Waals surface area (Å²) < 4.78 is 10.2. The van der Waals surface area contributed by atoms with Crippen LogP contribution in [0.15, 0.2) is 36.4 Å². The summed E-state index contributed by atoms with van der Waals surface area (Å²) in [7, 11) is 0. The zero-order chi connectivity index (χ0) is 18.6. The van der Waals surface area contributed by atoms with Crippen LogP contribution in [0.5, 0.6) is 0 Å². The maximum absolute atomic E-state index is 12.8. The molecule has 1 unspecified atom stereocenters. The highest BCUT2D eigenvalue weighted by atomic mass is 16.6. The topological polar surface area (TPSA) is 72.9 Å². The molecule has 1 heterocycles. The van der Waals surface area contributed by atoms with Gasteiger partial charge >= 0.3 is 12.1 Å². The number of hydrogen-bond donors (Lipinski definition) is 0. The first kappa shape index (κ1) is 18.7. The number of amides is 2. The molecule has 0 aliphatic carbocycles. The number of hydrogen-bond acceptors (Lipinski definition) is 5. The van der Waals surface area contributed by atoms with Crippen LogP contribution in [0.25, 0.3) is 0 Å². The molecule has 0 fully saturated rings. The first-order valence-corrected chi connectivity index (χ1v) is 8.23.